The normalized spacial score (nSPS) is 15.5. The molecule has 1 aromatic rings. The Morgan fingerprint density at radius 3 is 2.50 bits per heavy atom. The number of hydrogen-bond donors (Lipinski definition) is 1. The van der Waals surface area contributed by atoms with Crippen molar-refractivity contribution in [3.63, 3.8) is 0 Å². The van der Waals surface area contributed by atoms with Crippen molar-refractivity contribution in [1.29, 1.82) is 0 Å². The molecule has 2 rings (SSSR count). The summed E-state index contributed by atoms with van der Waals surface area (Å²) in [6.45, 7) is 0. The molecule has 0 fully saturated rings. The zero-order chi connectivity index (χ0) is 18.1. The highest BCUT2D eigenvalue weighted by atomic mass is 32.2. The Kier molecular flexibility index (Phi) is 4.88. The maximum Gasteiger partial charge on any atom is 0.419 e. The van der Waals surface area contributed by atoms with Crippen molar-refractivity contribution in [1.82, 2.24) is 0 Å². The lowest BCUT2D eigenvalue weighted by Gasteiger charge is -2.12. The molecule has 0 heterocycles. The number of carbonyl (C=O) groups excluding carboxylic acids is 1. The van der Waals surface area contributed by atoms with Crippen LogP contribution in [0.5, 0.6) is 0 Å². The number of amides is 1. The quantitative estimate of drug-likeness (QED) is 0.655. The van der Waals surface area contributed by atoms with Gasteiger partial charge in [-0.05, 0) is 31.0 Å². The molecule has 24 heavy (non-hydrogen) atoms. The molecule has 0 bridgehead atoms. The lowest BCUT2D eigenvalue weighted by molar-refractivity contribution is -0.140. The molecular weight excluding hydrogens is 354 g/mol. The van der Waals surface area contributed by atoms with E-state index in [2.05, 4.69) is 5.32 Å². The van der Waals surface area contributed by atoms with Gasteiger partial charge in [-0.15, -0.1) is 0 Å². The van der Waals surface area contributed by atoms with Crippen molar-refractivity contribution in [2.45, 2.75) is 25.4 Å². The van der Waals surface area contributed by atoms with Gasteiger partial charge in [-0.3, -0.25) is 4.79 Å². The van der Waals surface area contributed by atoms with E-state index in [9.17, 15) is 30.8 Å². The summed E-state index contributed by atoms with van der Waals surface area (Å²) in [5.41, 5.74) is -1.72. The van der Waals surface area contributed by atoms with E-state index in [1.165, 1.54) is 0 Å². The zero-order valence-corrected chi connectivity index (χ0v) is 13.2. The number of allylic oxidation sites excluding steroid dienone is 1. The molecule has 1 N–H and O–H groups in total. The molecular formula is C14H13F4NO4S. The van der Waals surface area contributed by atoms with Crippen molar-refractivity contribution in [2.24, 2.45) is 0 Å². The molecule has 0 aromatic heterocycles. The van der Waals surface area contributed by atoms with Gasteiger partial charge in [0, 0.05) is 12.1 Å². The van der Waals surface area contributed by atoms with Crippen molar-refractivity contribution in [3.8, 4) is 0 Å². The fraction of sp³-hybridized carbons (Fsp3) is 0.357. The SMILES string of the molecule is CS(=O)(=O)OC1=C(C(=O)Nc2ccc(F)c(C(F)(F)F)c2)CCC1. The number of rotatable bonds is 4. The molecule has 1 aliphatic rings. The molecule has 10 heteroatoms. The van der Waals surface area contributed by atoms with E-state index in [4.69, 9.17) is 4.18 Å². The molecule has 0 saturated heterocycles. The molecule has 0 aliphatic heterocycles. The summed E-state index contributed by atoms with van der Waals surface area (Å²) in [6.07, 6.45) is -3.15. The molecule has 132 valence electrons. The van der Waals surface area contributed by atoms with Gasteiger partial charge in [-0.25, -0.2) is 4.39 Å². The average molecular weight is 367 g/mol. The van der Waals surface area contributed by atoms with E-state index < -0.39 is 33.6 Å². The first-order chi connectivity index (χ1) is 11.0. The third-order valence-electron chi connectivity index (χ3n) is 3.22. The molecule has 1 amide bonds. The standard InChI is InChI=1S/C14H13F4NO4S/c1-24(21,22)23-12-4-2-3-9(12)13(20)19-8-5-6-11(15)10(7-8)14(16,17)18/h5-7H,2-4H2,1H3,(H,19,20). The third-order valence-corrected chi connectivity index (χ3v) is 3.73. The van der Waals surface area contributed by atoms with Gasteiger partial charge in [0.2, 0.25) is 0 Å². The number of nitrogens with one attached hydrogen (secondary N) is 1. The zero-order valence-electron chi connectivity index (χ0n) is 12.4. The summed E-state index contributed by atoms with van der Waals surface area (Å²) in [5, 5.41) is 2.20. The Labute approximate surface area is 135 Å². The maximum atomic E-state index is 13.2. The number of hydrogen-bond acceptors (Lipinski definition) is 4. The second kappa shape index (κ2) is 6.42. The summed E-state index contributed by atoms with van der Waals surface area (Å²) in [4.78, 5) is 12.1. The summed E-state index contributed by atoms with van der Waals surface area (Å²) in [7, 11) is -3.81. The summed E-state index contributed by atoms with van der Waals surface area (Å²) >= 11 is 0. The number of halogens is 4. The van der Waals surface area contributed by atoms with Crippen LogP contribution in [-0.2, 0) is 25.3 Å². The fourth-order valence-corrected chi connectivity index (χ4v) is 2.81. The summed E-state index contributed by atoms with van der Waals surface area (Å²) in [5.74, 6) is -2.28. The molecule has 0 atom stereocenters. The van der Waals surface area contributed by atoms with E-state index >= 15 is 0 Å². The first kappa shape index (κ1) is 18.2. The van der Waals surface area contributed by atoms with Crippen LogP contribution in [0.2, 0.25) is 0 Å². The van der Waals surface area contributed by atoms with E-state index in [1.54, 1.807) is 0 Å². The van der Waals surface area contributed by atoms with Crippen LogP contribution in [0.4, 0.5) is 23.2 Å². The van der Waals surface area contributed by atoms with Gasteiger partial charge in [0.25, 0.3) is 5.91 Å². The highest BCUT2D eigenvalue weighted by Crippen LogP contribution is 2.34. The first-order valence-corrected chi connectivity index (χ1v) is 8.58. The van der Waals surface area contributed by atoms with Crippen molar-refractivity contribution >= 4 is 21.7 Å². The monoisotopic (exact) mass is 367 g/mol. The summed E-state index contributed by atoms with van der Waals surface area (Å²) < 4.78 is 78.2. The molecule has 0 spiro atoms. The average Bonchev–Trinajstić information content (AvgIpc) is 2.85. The van der Waals surface area contributed by atoms with Crippen LogP contribution in [0, 0.1) is 5.82 Å². The van der Waals surface area contributed by atoms with Crippen LogP contribution in [0.1, 0.15) is 24.8 Å². The van der Waals surface area contributed by atoms with Crippen molar-refractivity contribution in [2.75, 3.05) is 11.6 Å². The Bertz CT molecular complexity index is 799. The van der Waals surface area contributed by atoms with Gasteiger partial charge < -0.3 is 9.50 Å². The molecule has 0 unspecified atom stereocenters. The second-order valence-electron chi connectivity index (χ2n) is 5.19. The lowest BCUT2D eigenvalue weighted by Crippen LogP contribution is -2.17. The minimum Gasteiger partial charge on any atom is -0.387 e. The van der Waals surface area contributed by atoms with Crippen LogP contribution < -0.4 is 5.32 Å². The Balaban J connectivity index is 2.25. The van der Waals surface area contributed by atoms with Crippen LogP contribution >= 0.6 is 0 Å². The first-order valence-electron chi connectivity index (χ1n) is 6.77. The third kappa shape index (κ3) is 4.47. The molecule has 0 radical (unpaired) electrons. The Hall–Kier alpha value is -2.10. The van der Waals surface area contributed by atoms with Crippen molar-refractivity contribution in [3.05, 3.63) is 40.9 Å². The predicted molar refractivity (Wildman–Crippen MR) is 76.8 cm³/mol. The lowest BCUT2D eigenvalue weighted by atomic mass is 10.1. The van der Waals surface area contributed by atoms with Gasteiger partial charge in [0.1, 0.15) is 11.6 Å². The fourth-order valence-electron chi connectivity index (χ4n) is 2.26. The smallest absolute Gasteiger partial charge is 0.387 e. The highest BCUT2D eigenvalue weighted by molar-refractivity contribution is 7.86. The minimum absolute atomic E-state index is 0.0341. The van der Waals surface area contributed by atoms with Gasteiger partial charge in [0.05, 0.1) is 17.4 Å². The van der Waals surface area contributed by atoms with Gasteiger partial charge >= 0.3 is 16.3 Å². The number of benzene rings is 1. The van der Waals surface area contributed by atoms with Gasteiger partial charge in [-0.1, -0.05) is 0 Å². The van der Waals surface area contributed by atoms with Gasteiger partial charge in [0.15, 0.2) is 0 Å². The van der Waals surface area contributed by atoms with Crippen LogP contribution in [0.3, 0.4) is 0 Å². The topological polar surface area (TPSA) is 72.5 Å². The van der Waals surface area contributed by atoms with E-state index in [0.717, 1.165) is 12.3 Å². The van der Waals surface area contributed by atoms with Crippen LogP contribution in [-0.4, -0.2) is 20.6 Å². The number of alkyl halides is 3. The van der Waals surface area contributed by atoms with Gasteiger partial charge in [-0.2, -0.15) is 21.6 Å². The molecule has 0 saturated carbocycles. The van der Waals surface area contributed by atoms with Crippen LogP contribution in [0.15, 0.2) is 29.5 Å². The molecule has 1 aromatic carbocycles. The Morgan fingerprint density at radius 2 is 1.92 bits per heavy atom. The number of anilines is 1. The largest absolute Gasteiger partial charge is 0.419 e. The summed E-state index contributed by atoms with van der Waals surface area (Å²) in [6, 6.07) is 2.05. The highest BCUT2D eigenvalue weighted by Gasteiger charge is 2.34. The maximum absolute atomic E-state index is 13.2. The second-order valence-corrected chi connectivity index (χ2v) is 6.76. The minimum atomic E-state index is -4.90. The van der Waals surface area contributed by atoms with E-state index in [0.29, 0.717) is 18.6 Å². The molecule has 5 nitrogen and oxygen atoms in total. The number of carbonyl (C=O) groups is 1. The van der Waals surface area contributed by atoms with E-state index in [1.807, 2.05) is 0 Å². The molecule has 1 aliphatic carbocycles. The predicted octanol–water partition coefficient (Wildman–Crippen LogP) is 3.20. The van der Waals surface area contributed by atoms with Crippen LogP contribution in [0.25, 0.3) is 0 Å². The van der Waals surface area contributed by atoms with E-state index in [-0.39, 0.29) is 29.9 Å². The van der Waals surface area contributed by atoms with Crippen molar-refractivity contribution < 1.29 is 35.0 Å². The Morgan fingerprint density at radius 1 is 1.25 bits per heavy atom.